The molecular weight excluding hydrogens is 220 g/mol. The molecular formula is C16H32N2. The van der Waals surface area contributed by atoms with Crippen molar-refractivity contribution in [2.45, 2.75) is 51.9 Å². The molecule has 1 unspecified atom stereocenters. The van der Waals surface area contributed by atoms with Crippen LogP contribution in [-0.2, 0) is 0 Å². The molecule has 1 saturated heterocycles. The maximum Gasteiger partial charge on any atom is 0.00218 e. The van der Waals surface area contributed by atoms with Crippen LogP contribution in [0.2, 0.25) is 0 Å². The number of nitrogens with zero attached hydrogens (tertiary/aromatic N) is 1. The molecule has 0 aromatic heterocycles. The molecule has 0 saturated carbocycles. The predicted octanol–water partition coefficient (Wildman–Crippen LogP) is 3.44. The number of hydrogen-bond acceptors (Lipinski definition) is 2. The topological polar surface area (TPSA) is 15.3 Å². The van der Waals surface area contributed by atoms with Gasteiger partial charge >= 0.3 is 0 Å². The SMILES string of the molecule is C=CCCCCCN1CCCC(CNCCC)C1. The molecule has 1 fully saturated rings. The van der Waals surface area contributed by atoms with Gasteiger partial charge in [-0.1, -0.05) is 19.4 Å². The highest BCUT2D eigenvalue weighted by molar-refractivity contribution is 4.74. The van der Waals surface area contributed by atoms with Crippen LogP contribution in [0, 0.1) is 5.92 Å². The van der Waals surface area contributed by atoms with Crippen LogP contribution in [0.25, 0.3) is 0 Å². The van der Waals surface area contributed by atoms with E-state index < -0.39 is 0 Å². The summed E-state index contributed by atoms with van der Waals surface area (Å²) in [5.41, 5.74) is 0. The van der Waals surface area contributed by atoms with E-state index >= 15 is 0 Å². The van der Waals surface area contributed by atoms with Gasteiger partial charge in [0.15, 0.2) is 0 Å². The van der Waals surface area contributed by atoms with Crippen molar-refractivity contribution < 1.29 is 0 Å². The van der Waals surface area contributed by atoms with Crippen molar-refractivity contribution in [2.24, 2.45) is 5.92 Å². The van der Waals surface area contributed by atoms with Gasteiger partial charge in [0.1, 0.15) is 0 Å². The molecule has 0 aromatic rings. The summed E-state index contributed by atoms with van der Waals surface area (Å²) >= 11 is 0. The summed E-state index contributed by atoms with van der Waals surface area (Å²) in [6.07, 6.45) is 11.3. The van der Waals surface area contributed by atoms with Crippen LogP contribution in [0.1, 0.15) is 51.9 Å². The second kappa shape index (κ2) is 10.6. The van der Waals surface area contributed by atoms with Crippen molar-refractivity contribution in [3.05, 3.63) is 12.7 Å². The molecule has 0 bridgehead atoms. The summed E-state index contributed by atoms with van der Waals surface area (Å²) in [6.45, 7) is 12.4. The molecule has 1 atom stereocenters. The second-order valence-electron chi connectivity index (χ2n) is 5.65. The monoisotopic (exact) mass is 252 g/mol. The summed E-state index contributed by atoms with van der Waals surface area (Å²) in [5.74, 6) is 0.887. The predicted molar refractivity (Wildman–Crippen MR) is 81.0 cm³/mol. The molecule has 1 heterocycles. The fourth-order valence-corrected chi connectivity index (χ4v) is 2.80. The third-order valence-corrected chi connectivity index (χ3v) is 3.85. The smallest absolute Gasteiger partial charge is 0.00218 e. The van der Waals surface area contributed by atoms with Crippen LogP contribution in [0.15, 0.2) is 12.7 Å². The molecule has 0 radical (unpaired) electrons. The lowest BCUT2D eigenvalue weighted by molar-refractivity contribution is 0.169. The van der Waals surface area contributed by atoms with Crippen molar-refractivity contribution in [2.75, 3.05) is 32.7 Å². The summed E-state index contributed by atoms with van der Waals surface area (Å²) in [5, 5.41) is 3.57. The van der Waals surface area contributed by atoms with Gasteiger partial charge in [0.05, 0.1) is 0 Å². The average Bonchev–Trinajstić information content (AvgIpc) is 2.39. The van der Waals surface area contributed by atoms with E-state index in [4.69, 9.17) is 0 Å². The summed E-state index contributed by atoms with van der Waals surface area (Å²) in [6, 6.07) is 0. The molecule has 0 amide bonds. The van der Waals surface area contributed by atoms with Crippen LogP contribution in [0.5, 0.6) is 0 Å². The number of nitrogens with one attached hydrogen (secondary N) is 1. The van der Waals surface area contributed by atoms with E-state index in [9.17, 15) is 0 Å². The lowest BCUT2D eigenvalue weighted by atomic mass is 9.97. The van der Waals surface area contributed by atoms with Crippen molar-refractivity contribution in [1.29, 1.82) is 0 Å². The van der Waals surface area contributed by atoms with E-state index in [1.165, 1.54) is 77.7 Å². The fraction of sp³-hybridized carbons (Fsp3) is 0.875. The van der Waals surface area contributed by atoms with Gasteiger partial charge in [0, 0.05) is 6.54 Å². The molecule has 2 nitrogen and oxygen atoms in total. The lowest BCUT2D eigenvalue weighted by Gasteiger charge is -2.32. The van der Waals surface area contributed by atoms with E-state index in [0.717, 1.165) is 5.92 Å². The molecule has 0 aliphatic carbocycles. The van der Waals surface area contributed by atoms with Gasteiger partial charge in [-0.05, 0) is 70.6 Å². The maximum absolute atomic E-state index is 3.78. The van der Waals surface area contributed by atoms with Crippen LogP contribution < -0.4 is 5.32 Å². The third-order valence-electron chi connectivity index (χ3n) is 3.85. The summed E-state index contributed by atoms with van der Waals surface area (Å²) < 4.78 is 0. The molecule has 0 aromatic carbocycles. The number of piperidine rings is 1. The van der Waals surface area contributed by atoms with Gasteiger partial charge in [-0.15, -0.1) is 6.58 Å². The first-order chi connectivity index (χ1) is 8.86. The Kier molecular flexibility index (Phi) is 9.23. The molecule has 2 heteroatoms. The minimum atomic E-state index is 0.887. The molecule has 0 spiro atoms. The zero-order valence-electron chi connectivity index (χ0n) is 12.3. The second-order valence-corrected chi connectivity index (χ2v) is 5.65. The largest absolute Gasteiger partial charge is 0.316 e. The number of allylic oxidation sites excluding steroid dienone is 1. The first kappa shape index (κ1) is 15.7. The molecule has 18 heavy (non-hydrogen) atoms. The minimum absolute atomic E-state index is 0.887. The quantitative estimate of drug-likeness (QED) is 0.473. The van der Waals surface area contributed by atoms with Crippen molar-refractivity contribution in [3.8, 4) is 0 Å². The Morgan fingerprint density at radius 3 is 3.00 bits per heavy atom. The van der Waals surface area contributed by atoms with E-state index in [-0.39, 0.29) is 0 Å². The Balaban J connectivity index is 2.04. The van der Waals surface area contributed by atoms with Gasteiger partial charge in [-0.25, -0.2) is 0 Å². The number of likely N-dealkylation sites (tertiary alicyclic amines) is 1. The zero-order valence-corrected chi connectivity index (χ0v) is 12.3. The van der Waals surface area contributed by atoms with Gasteiger partial charge in [-0.3, -0.25) is 0 Å². The van der Waals surface area contributed by atoms with Gasteiger partial charge in [0.25, 0.3) is 0 Å². The number of hydrogen-bond donors (Lipinski definition) is 1. The first-order valence-corrected chi connectivity index (χ1v) is 7.90. The van der Waals surface area contributed by atoms with E-state index in [1.807, 2.05) is 6.08 Å². The normalized spacial score (nSPS) is 21.1. The molecule has 1 rings (SSSR count). The third kappa shape index (κ3) is 7.17. The first-order valence-electron chi connectivity index (χ1n) is 7.90. The zero-order chi connectivity index (χ0) is 13.1. The summed E-state index contributed by atoms with van der Waals surface area (Å²) in [4.78, 5) is 2.68. The highest BCUT2D eigenvalue weighted by atomic mass is 15.1. The van der Waals surface area contributed by atoms with Crippen molar-refractivity contribution in [3.63, 3.8) is 0 Å². The van der Waals surface area contributed by atoms with Gasteiger partial charge < -0.3 is 10.2 Å². The Morgan fingerprint density at radius 2 is 2.22 bits per heavy atom. The minimum Gasteiger partial charge on any atom is -0.316 e. The van der Waals surface area contributed by atoms with Gasteiger partial charge in [-0.2, -0.15) is 0 Å². The Morgan fingerprint density at radius 1 is 1.33 bits per heavy atom. The Hall–Kier alpha value is -0.340. The summed E-state index contributed by atoms with van der Waals surface area (Å²) in [7, 11) is 0. The standard InChI is InChI=1S/C16H32N2/c1-3-5-6-7-8-12-18-13-9-10-16(15-18)14-17-11-4-2/h3,16-17H,1,4-15H2,2H3. The van der Waals surface area contributed by atoms with Crippen LogP contribution in [0.4, 0.5) is 0 Å². The molecule has 1 aliphatic rings. The van der Waals surface area contributed by atoms with Crippen LogP contribution >= 0.6 is 0 Å². The highest BCUT2D eigenvalue weighted by Crippen LogP contribution is 2.16. The molecule has 106 valence electrons. The van der Waals surface area contributed by atoms with E-state index in [0.29, 0.717) is 0 Å². The van der Waals surface area contributed by atoms with Crippen LogP contribution in [0.3, 0.4) is 0 Å². The average molecular weight is 252 g/mol. The Bertz CT molecular complexity index is 203. The Labute approximate surface area is 114 Å². The number of unbranched alkanes of at least 4 members (excludes halogenated alkanes) is 3. The van der Waals surface area contributed by atoms with Crippen LogP contribution in [-0.4, -0.2) is 37.6 Å². The van der Waals surface area contributed by atoms with Crippen molar-refractivity contribution in [1.82, 2.24) is 10.2 Å². The highest BCUT2D eigenvalue weighted by Gasteiger charge is 2.18. The maximum atomic E-state index is 3.78. The fourth-order valence-electron chi connectivity index (χ4n) is 2.80. The lowest BCUT2D eigenvalue weighted by Crippen LogP contribution is -2.40. The van der Waals surface area contributed by atoms with E-state index in [2.05, 4.69) is 23.7 Å². The molecule has 1 aliphatic heterocycles. The molecule has 1 N–H and O–H groups in total. The van der Waals surface area contributed by atoms with Gasteiger partial charge in [0.2, 0.25) is 0 Å². The number of rotatable bonds is 10. The van der Waals surface area contributed by atoms with E-state index in [1.54, 1.807) is 0 Å². The van der Waals surface area contributed by atoms with Crippen molar-refractivity contribution >= 4 is 0 Å².